The number of likely N-dealkylation sites (tertiary alicyclic amines) is 1. The lowest BCUT2D eigenvalue weighted by atomic mass is 9.97. The van der Waals surface area contributed by atoms with E-state index in [-0.39, 0.29) is 0 Å². The van der Waals surface area contributed by atoms with Crippen LogP contribution >= 0.6 is 0 Å². The van der Waals surface area contributed by atoms with Crippen molar-refractivity contribution in [3.8, 4) is 0 Å². The molecule has 0 spiro atoms. The van der Waals surface area contributed by atoms with Crippen LogP contribution in [0.1, 0.15) is 12.8 Å². The third-order valence-corrected chi connectivity index (χ3v) is 3.45. The van der Waals surface area contributed by atoms with Crippen molar-refractivity contribution in [2.75, 3.05) is 44.4 Å². The zero-order valence-electron chi connectivity index (χ0n) is 10.6. The third kappa shape index (κ3) is 3.06. The summed E-state index contributed by atoms with van der Waals surface area (Å²) in [4.78, 5) is 12.7. The van der Waals surface area contributed by atoms with Gasteiger partial charge in [0, 0.05) is 13.6 Å². The van der Waals surface area contributed by atoms with E-state index in [1.807, 2.05) is 0 Å². The standard InChI is InChI=1S/C12H21N5/c1-16-5-3-10(4-6-16)8-17(2)12-11(13)7-14-9-15-12/h7,9-10H,3-6,8,13H2,1-2H3. The lowest BCUT2D eigenvalue weighted by molar-refractivity contribution is 0.222. The number of nitrogens with two attached hydrogens (primary N) is 1. The van der Waals surface area contributed by atoms with Gasteiger partial charge in [-0.1, -0.05) is 0 Å². The summed E-state index contributed by atoms with van der Waals surface area (Å²) >= 11 is 0. The molecule has 1 aliphatic heterocycles. The summed E-state index contributed by atoms with van der Waals surface area (Å²) in [6, 6.07) is 0. The summed E-state index contributed by atoms with van der Waals surface area (Å²) in [6.45, 7) is 3.41. The Kier molecular flexibility index (Phi) is 3.78. The zero-order valence-corrected chi connectivity index (χ0v) is 10.6. The lowest BCUT2D eigenvalue weighted by Crippen LogP contribution is -2.36. The van der Waals surface area contributed by atoms with Gasteiger partial charge in [0.25, 0.3) is 0 Å². The van der Waals surface area contributed by atoms with Crippen LogP contribution in [0.15, 0.2) is 12.5 Å². The van der Waals surface area contributed by atoms with Crippen LogP contribution in [0.3, 0.4) is 0 Å². The molecule has 1 aromatic rings. The van der Waals surface area contributed by atoms with E-state index in [0.717, 1.165) is 18.3 Å². The molecule has 5 nitrogen and oxygen atoms in total. The summed E-state index contributed by atoms with van der Waals surface area (Å²) in [5.74, 6) is 1.59. The predicted molar refractivity (Wildman–Crippen MR) is 69.9 cm³/mol. The van der Waals surface area contributed by atoms with Crippen LogP contribution in [-0.2, 0) is 0 Å². The molecule has 5 heteroatoms. The van der Waals surface area contributed by atoms with Crippen molar-refractivity contribution in [3.05, 3.63) is 12.5 Å². The average Bonchev–Trinajstić information content (AvgIpc) is 2.32. The van der Waals surface area contributed by atoms with Gasteiger partial charge in [-0.05, 0) is 38.9 Å². The molecule has 17 heavy (non-hydrogen) atoms. The molecule has 1 aliphatic rings. The Morgan fingerprint density at radius 3 is 2.82 bits per heavy atom. The Hall–Kier alpha value is -1.36. The smallest absolute Gasteiger partial charge is 0.154 e. The van der Waals surface area contributed by atoms with E-state index < -0.39 is 0 Å². The Balaban J connectivity index is 1.93. The van der Waals surface area contributed by atoms with Crippen LogP contribution in [0.5, 0.6) is 0 Å². The minimum Gasteiger partial charge on any atom is -0.394 e. The van der Waals surface area contributed by atoms with Crippen molar-refractivity contribution in [2.24, 2.45) is 5.92 Å². The highest BCUT2D eigenvalue weighted by molar-refractivity contribution is 5.60. The molecular weight excluding hydrogens is 214 g/mol. The number of nitrogens with zero attached hydrogens (tertiary/aromatic N) is 4. The second-order valence-electron chi connectivity index (χ2n) is 4.93. The number of nitrogen functional groups attached to an aromatic ring is 1. The van der Waals surface area contributed by atoms with E-state index in [9.17, 15) is 0 Å². The highest BCUT2D eigenvalue weighted by Gasteiger charge is 2.19. The number of rotatable bonds is 3. The molecule has 0 radical (unpaired) electrons. The van der Waals surface area contributed by atoms with Crippen molar-refractivity contribution < 1.29 is 0 Å². The first-order chi connectivity index (χ1) is 8.16. The first-order valence-electron chi connectivity index (χ1n) is 6.12. The fourth-order valence-electron chi connectivity index (χ4n) is 2.37. The molecule has 94 valence electrons. The molecule has 2 rings (SSSR count). The van der Waals surface area contributed by atoms with Gasteiger partial charge in [-0.15, -0.1) is 0 Å². The highest BCUT2D eigenvalue weighted by atomic mass is 15.2. The maximum Gasteiger partial charge on any atom is 0.154 e. The third-order valence-electron chi connectivity index (χ3n) is 3.45. The van der Waals surface area contributed by atoms with Crippen molar-refractivity contribution >= 4 is 11.5 Å². The second-order valence-corrected chi connectivity index (χ2v) is 4.93. The van der Waals surface area contributed by atoms with Crippen LogP contribution in [0.25, 0.3) is 0 Å². The summed E-state index contributed by atoms with van der Waals surface area (Å²) < 4.78 is 0. The molecule has 1 aromatic heterocycles. The van der Waals surface area contributed by atoms with Crippen LogP contribution in [0.4, 0.5) is 11.5 Å². The van der Waals surface area contributed by atoms with E-state index in [4.69, 9.17) is 5.73 Å². The fourth-order valence-corrected chi connectivity index (χ4v) is 2.37. The van der Waals surface area contributed by atoms with Gasteiger partial charge in [-0.2, -0.15) is 0 Å². The molecule has 1 fully saturated rings. The summed E-state index contributed by atoms with van der Waals surface area (Å²) in [7, 11) is 4.24. The van der Waals surface area contributed by atoms with Crippen LogP contribution in [0.2, 0.25) is 0 Å². The molecule has 0 amide bonds. The van der Waals surface area contributed by atoms with Crippen molar-refractivity contribution in [1.82, 2.24) is 14.9 Å². The van der Waals surface area contributed by atoms with E-state index in [2.05, 4.69) is 33.9 Å². The van der Waals surface area contributed by atoms with Gasteiger partial charge in [-0.3, -0.25) is 0 Å². The first kappa shape index (κ1) is 12.1. The van der Waals surface area contributed by atoms with Gasteiger partial charge in [0.1, 0.15) is 6.33 Å². The molecule has 2 heterocycles. The molecule has 2 N–H and O–H groups in total. The second kappa shape index (κ2) is 5.31. The molecule has 0 atom stereocenters. The van der Waals surface area contributed by atoms with Crippen LogP contribution < -0.4 is 10.6 Å². The van der Waals surface area contributed by atoms with Crippen LogP contribution in [-0.4, -0.2) is 48.6 Å². The first-order valence-corrected chi connectivity index (χ1v) is 6.12. The molecule has 0 aromatic carbocycles. The molecule has 0 saturated carbocycles. The minimum atomic E-state index is 0.655. The topological polar surface area (TPSA) is 58.3 Å². The average molecular weight is 235 g/mol. The van der Waals surface area contributed by atoms with Gasteiger partial charge in [-0.25, -0.2) is 9.97 Å². The van der Waals surface area contributed by atoms with Crippen molar-refractivity contribution in [2.45, 2.75) is 12.8 Å². The monoisotopic (exact) mass is 235 g/mol. The van der Waals surface area contributed by atoms with E-state index in [1.54, 1.807) is 12.5 Å². The van der Waals surface area contributed by atoms with E-state index in [1.165, 1.54) is 25.9 Å². The predicted octanol–water partition coefficient (Wildman–Crippen LogP) is 0.837. The molecule has 0 bridgehead atoms. The zero-order chi connectivity index (χ0) is 12.3. The molecule has 1 saturated heterocycles. The molecule has 0 unspecified atom stereocenters. The largest absolute Gasteiger partial charge is 0.394 e. The number of hydrogen-bond donors (Lipinski definition) is 1. The number of hydrogen-bond acceptors (Lipinski definition) is 5. The normalized spacial score (nSPS) is 18.2. The number of anilines is 2. The summed E-state index contributed by atoms with van der Waals surface area (Å²) in [5, 5.41) is 0. The molecule has 0 aliphatic carbocycles. The van der Waals surface area contributed by atoms with Gasteiger partial charge in [0.05, 0.1) is 11.9 Å². The van der Waals surface area contributed by atoms with E-state index >= 15 is 0 Å². The van der Waals surface area contributed by atoms with E-state index in [0.29, 0.717) is 5.69 Å². The highest BCUT2D eigenvalue weighted by Crippen LogP contribution is 2.22. The molecular formula is C12H21N5. The van der Waals surface area contributed by atoms with Crippen molar-refractivity contribution in [1.29, 1.82) is 0 Å². The Labute approximate surface area is 103 Å². The quantitative estimate of drug-likeness (QED) is 0.841. The van der Waals surface area contributed by atoms with Crippen LogP contribution in [0, 0.1) is 5.92 Å². The lowest BCUT2D eigenvalue weighted by Gasteiger charge is -2.32. The number of piperidine rings is 1. The summed E-state index contributed by atoms with van der Waals surface area (Å²) in [5.41, 5.74) is 6.53. The van der Waals surface area contributed by atoms with Gasteiger partial charge >= 0.3 is 0 Å². The Morgan fingerprint density at radius 1 is 1.47 bits per heavy atom. The SMILES string of the molecule is CN1CCC(CN(C)c2ncncc2N)CC1. The minimum absolute atomic E-state index is 0.655. The van der Waals surface area contributed by atoms with Crippen molar-refractivity contribution in [3.63, 3.8) is 0 Å². The Morgan fingerprint density at radius 2 is 2.18 bits per heavy atom. The van der Waals surface area contributed by atoms with Gasteiger partial charge < -0.3 is 15.5 Å². The fraction of sp³-hybridized carbons (Fsp3) is 0.667. The Bertz CT molecular complexity index is 360. The maximum atomic E-state index is 5.87. The van der Waals surface area contributed by atoms with Gasteiger partial charge in [0.15, 0.2) is 5.82 Å². The van der Waals surface area contributed by atoms with Gasteiger partial charge in [0.2, 0.25) is 0 Å². The maximum absolute atomic E-state index is 5.87. The summed E-state index contributed by atoms with van der Waals surface area (Å²) in [6.07, 6.45) is 5.72. The number of aromatic nitrogens is 2.